The summed E-state index contributed by atoms with van der Waals surface area (Å²) in [4.78, 5) is 0. The highest BCUT2D eigenvalue weighted by Gasteiger charge is 2.28. The van der Waals surface area contributed by atoms with E-state index in [0.717, 1.165) is 63.4 Å². The van der Waals surface area contributed by atoms with E-state index in [1.807, 2.05) is 25.1 Å². The monoisotopic (exact) mass is 500 g/mol. The number of halogens is 3. The summed E-state index contributed by atoms with van der Waals surface area (Å²) in [5, 5.41) is 0. The topological polar surface area (TPSA) is 18.5 Å². The Balaban J connectivity index is 1.28. The highest BCUT2D eigenvalue weighted by Crippen LogP contribution is 2.40. The second-order valence-corrected chi connectivity index (χ2v) is 10.4. The molecule has 2 aliphatic rings. The van der Waals surface area contributed by atoms with Crippen LogP contribution in [0.3, 0.4) is 0 Å². The Morgan fingerprint density at radius 3 is 2.19 bits per heavy atom. The summed E-state index contributed by atoms with van der Waals surface area (Å²) in [6.45, 7) is 6.65. The van der Waals surface area contributed by atoms with Gasteiger partial charge >= 0.3 is 0 Å². The molecule has 0 N–H and O–H groups in total. The summed E-state index contributed by atoms with van der Waals surface area (Å²) in [6, 6.07) is 8.71. The number of hydrogen-bond donors (Lipinski definition) is 0. The summed E-state index contributed by atoms with van der Waals surface area (Å²) < 4.78 is 55.7. The zero-order valence-electron chi connectivity index (χ0n) is 21.4. The van der Waals surface area contributed by atoms with E-state index in [-0.39, 0.29) is 23.8 Å². The van der Waals surface area contributed by atoms with Crippen LogP contribution < -0.4 is 4.74 Å². The third-order valence-electron chi connectivity index (χ3n) is 8.16. The van der Waals surface area contributed by atoms with Crippen molar-refractivity contribution in [2.75, 3.05) is 13.2 Å². The minimum Gasteiger partial charge on any atom is -0.489 e. The van der Waals surface area contributed by atoms with Gasteiger partial charge in [-0.2, -0.15) is 0 Å². The Kier molecular flexibility index (Phi) is 9.53. The lowest BCUT2D eigenvalue weighted by Crippen LogP contribution is -2.21. The van der Waals surface area contributed by atoms with Crippen LogP contribution in [0.5, 0.6) is 5.75 Å². The first kappa shape index (κ1) is 26.8. The molecule has 0 saturated heterocycles. The van der Waals surface area contributed by atoms with Crippen molar-refractivity contribution in [2.24, 2.45) is 5.92 Å². The van der Waals surface area contributed by atoms with E-state index in [1.165, 1.54) is 6.07 Å². The van der Waals surface area contributed by atoms with Crippen LogP contribution in [0.1, 0.15) is 93.2 Å². The first-order chi connectivity index (χ1) is 17.5. The van der Waals surface area contributed by atoms with Gasteiger partial charge in [-0.3, -0.25) is 0 Å². The van der Waals surface area contributed by atoms with Crippen molar-refractivity contribution in [1.29, 1.82) is 0 Å². The van der Waals surface area contributed by atoms with E-state index in [9.17, 15) is 13.2 Å². The van der Waals surface area contributed by atoms with Crippen LogP contribution in [0.25, 0.3) is 0 Å². The predicted molar refractivity (Wildman–Crippen MR) is 138 cm³/mol. The lowest BCUT2D eigenvalue weighted by Gasteiger charge is -2.30. The van der Waals surface area contributed by atoms with Crippen molar-refractivity contribution in [1.82, 2.24) is 0 Å². The van der Waals surface area contributed by atoms with Gasteiger partial charge in [-0.1, -0.05) is 30.9 Å². The van der Waals surface area contributed by atoms with Crippen molar-refractivity contribution in [3.05, 3.63) is 77.1 Å². The highest BCUT2D eigenvalue weighted by atomic mass is 19.2. The van der Waals surface area contributed by atoms with E-state index in [4.69, 9.17) is 9.47 Å². The molecular formula is C31H39F3O2. The number of benzene rings is 2. The Labute approximate surface area is 213 Å². The van der Waals surface area contributed by atoms with Gasteiger partial charge in [0.05, 0.1) is 6.10 Å². The summed E-state index contributed by atoms with van der Waals surface area (Å²) in [5.74, 6) is -0.312. The zero-order valence-corrected chi connectivity index (χ0v) is 21.4. The van der Waals surface area contributed by atoms with Crippen molar-refractivity contribution in [2.45, 2.75) is 89.1 Å². The van der Waals surface area contributed by atoms with Crippen LogP contribution in [-0.2, 0) is 11.2 Å². The van der Waals surface area contributed by atoms with Crippen molar-refractivity contribution >= 4 is 0 Å². The SMILES string of the molecule is C=CCOc1ccc(C2CCC(CCc3ccc(C4CCC(OCC)CC4)c(F)c3F)CC2)c(F)c1. The smallest absolute Gasteiger partial charge is 0.162 e. The molecule has 36 heavy (non-hydrogen) atoms. The molecule has 0 unspecified atom stereocenters. The molecule has 0 spiro atoms. The third kappa shape index (κ3) is 6.53. The van der Waals surface area contributed by atoms with Gasteiger partial charge in [0.2, 0.25) is 0 Å². The zero-order chi connectivity index (χ0) is 25.5. The Bertz CT molecular complexity index is 1010. The van der Waals surface area contributed by atoms with Crippen molar-refractivity contribution < 1.29 is 22.6 Å². The van der Waals surface area contributed by atoms with Crippen LogP contribution in [0.4, 0.5) is 13.2 Å². The highest BCUT2D eigenvalue weighted by molar-refractivity contribution is 5.32. The van der Waals surface area contributed by atoms with E-state index in [0.29, 0.717) is 42.4 Å². The maximum absolute atomic E-state index is 15.0. The Morgan fingerprint density at radius 2 is 1.53 bits per heavy atom. The molecule has 0 atom stereocenters. The van der Waals surface area contributed by atoms with Gasteiger partial charge in [-0.05, 0) is 112 Å². The molecule has 2 aliphatic carbocycles. The second-order valence-electron chi connectivity index (χ2n) is 10.4. The predicted octanol–water partition coefficient (Wildman–Crippen LogP) is 8.64. The summed E-state index contributed by atoms with van der Waals surface area (Å²) in [7, 11) is 0. The van der Waals surface area contributed by atoms with E-state index < -0.39 is 11.6 Å². The third-order valence-corrected chi connectivity index (χ3v) is 8.16. The summed E-state index contributed by atoms with van der Waals surface area (Å²) in [6.07, 6.45) is 10.5. The largest absolute Gasteiger partial charge is 0.489 e. The van der Waals surface area contributed by atoms with Crippen LogP contribution in [-0.4, -0.2) is 19.3 Å². The molecule has 2 saturated carbocycles. The average Bonchev–Trinajstić information content (AvgIpc) is 2.90. The molecule has 196 valence electrons. The Morgan fingerprint density at radius 1 is 0.861 bits per heavy atom. The molecule has 2 nitrogen and oxygen atoms in total. The minimum absolute atomic E-state index is 0.0727. The first-order valence-corrected chi connectivity index (χ1v) is 13.6. The molecule has 0 heterocycles. The van der Waals surface area contributed by atoms with Gasteiger partial charge in [0.1, 0.15) is 18.2 Å². The summed E-state index contributed by atoms with van der Waals surface area (Å²) in [5.41, 5.74) is 1.75. The van der Waals surface area contributed by atoms with Crippen LogP contribution in [0.2, 0.25) is 0 Å². The molecule has 0 aromatic heterocycles. The molecule has 0 radical (unpaired) electrons. The van der Waals surface area contributed by atoms with Crippen LogP contribution >= 0.6 is 0 Å². The molecule has 0 amide bonds. The fourth-order valence-electron chi connectivity index (χ4n) is 6.09. The van der Waals surface area contributed by atoms with E-state index in [2.05, 4.69) is 6.58 Å². The van der Waals surface area contributed by atoms with E-state index in [1.54, 1.807) is 12.1 Å². The molecule has 2 aromatic carbocycles. The van der Waals surface area contributed by atoms with Gasteiger partial charge in [0.15, 0.2) is 11.6 Å². The van der Waals surface area contributed by atoms with Crippen molar-refractivity contribution in [3.63, 3.8) is 0 Å². The van der Waals surface area contributed by atoms with Gasteiger partial charge in [-0.25, -0.2) is 13.2 Å². The quantitative estimate of drug-likeness (QED) is 0.304. The first-order valence-electron chi connectivity index (χ1n) is 13.6. The molecule has 4 rings (SSSR count). The average molecular weight is 501 g/mol. The lowest BCUT2D eigenvalue weighted by molar-refractivity contribution is 0.0325. The minimum atomic E-state index is -0.672. The fraction of sp³-hybridized carbons (Fsp3) is 0.548. The molecular weight excluding hydrogens is 461 g/mol. The van der Waals surface area contributed by atoms with Crippen LogP contribution in [0.15, 0.2) is 43.0 Å². The second kappa shape index (κ2) is 12.8. The van der Waals surface area contributed by atoms with Gasteiger partial charge in [0, 0.05) is 12.7 Å². The van der Waals surface area contributed by atoms with Gasteiger partial charge in [0.25, 0.3) is 0 Å². The van der Waals surface area contributed by atoms with Crippen molar-refractivity contribution in [3.8, 4) is 5.75 Å². The maximum atomic E-state index is 15.0. The maximum Gasteiger partial charge on any atom is 0.162 e. The van der Waals surface area contributed by atoms with Gasteiger partial charge in [-0.15, -0.1) is 0 Å². The van der Waals surface area contributed by atoms with Crippen LogP contribution in [0, 0.1) is 23.4 Å². The molecule has 2 aromatic rings. The molecule has 5 heteroatoms. The normalized spacial score (nSPS) is 24.4. The molecule has 0 bridgehead atoms. The molecule has 2 fully saturated rings. The standard InChI is InChI=1S/C31H39F3O2/c1-3-19-36-26-16-18-27(29(32)20-26)22-8-5-21(6-9-22)7-10-24-13-17-28(31(34)30(24)33)23-11-14-25(15-12-23)35-4-2/h3,13,16-18,20-23,25H,1,4-12,14-15,19H2,2H3. The Hall–Kier alpha value is -2.27. The fourth-order valence-corrected chi connectivity index (χ4v) is 6.09. The number of hydrogen-bond acceptors (Lipinski definition) is 2. The number of ether oxygens (including phenoxy) is 2. The number of aryl methyl sites for hydroxylation is 1. The van der Waals surface area contributed by atoms with E-state index >= 15 is 0 Å². The number of rotatable bonds is 10. The molecule has 0 aliphatic heterocycles. The summed E-state index contributed by atoms with van der Waals surface area (Å²) >= 11 is 0. The van der Waals surface area contributed by atoms with Gasteiger partial charge < -0.3 is 9.47 Å². The lowest BCUT2D eigenvalue weighted by atomic mass is 9.76.